The zero-order valence-corrected chi connectivity index (χ0v) is 11.2. The summed E-state index contributed by atoms with van der Waals surface area (Å²) < 4.78 is 5.69. The number of nitrogen functional groups attached to an aromatic ring is 1. The third-order valence-corrected chi connectivity index (χ3v) is 3.52. The third-order valence-electron chi connectivity index (χ3n) is 3.27. The number of anilines is 1. The van der Waals surface area contributed by atoms with E-state index in [2.05, 4.69) is 22.1 Å². The largest absolute Gasteiger partial charge is 0.437 e. The van der Waals surface area contributed by atoms with Crippen LogP contribution in [0.4, 0.5) is 5.95 Å². The van der Waals surface area contributed by atoms with Crippen LogP contribution in [0.2, 0.25) is 5.02 Å². The van der Waals surface area contributed by atoms with E-state index < -0.39 is 0 Å². The molecule has 0 spiro atoms. The lowest BCUT2D eigenvalue weighted by Crippen LogP contribution is -2.03. The van der Waals surface area contributed by atoms with Crippen LogP contribution < -0.4 is 10.5 Å². The van der Waals surface area contributed by atoms with E-state index in [1.807, 2.05) is 6.07 Å². The number of aromatic nitrogens is 2. The van der Waals surface area contributed by atoms with Gasteiger partial charge in [-0.05, 0) is 48.9 Å². The molecule has 0 aliphatic heterocycles. The maximum Gasteiger partial charge on any atom is 0.243 e. The van der Waals surface area contributed by atoms with Gasteiger partial charge in [0.05, 0.1) is 6.20 Å². The number of nitrogens with two attached hydrogens (primary N) is 1. The Bertz CT molecular complexity index is 616. The molecular formula is C14H14ClN3O. The molecule has 0 atom stereocenters. The quantitative estimate of drug-likeness (QED) is 0.913. The minimum Gasteiger partial charge on any atom is -0.437 e. The third kappa shape index (κ3) is 2.63. The van der Waals surface area contributed by atoms with Crippen LogP contribution in [0.1, 0.15) is 24.0 Å². The van der Waals surface area contributed by atoms with Gasteiger partial charge >= 0.3 is 0 Å². The Morgan fingerprint density at radius 1 is 1.16 bits per heavy atom. The molecule has 5 heteroatoms. The summed E-state index contributed by atoms with van der Waals surface area (Å²) in [5.74, 6) is 1.18. The molecule has 0 unspecified atom stereocenters. The number of halogens is 1. The standard InChI is InChI=1S/C14H14ClN3O/c15-12-8-17-14(16)18-13(12)19-11-6-5-9-3-1-2-4-10(9)7-11/h5-8H,1-4H2,(H2,16,17,18). The van der Waals surface area contributed by atoms with Crippen LogP contribution in [0.25, 0.3) is 0 Å². The number of hydrogen-bond donors (Lipinski definition) is 1. The molecule has 1 heterocycles. The number of aryl methyl sites for hydroxylation is 2. The number of rotatable bonds is 2. The summed E-state index contributed by atoms with van der Waals surface area (Å²) in [6.07, 6.45) is 6.19. The Morgan fingerprint density at radius 3 is 2.79 bits per heavy atom. The number of fused-ring (bicyclic) bond motifs is 1. The van der Waals surface area contributed by atoms with Gasteiger partial charge < -0.3 is 10.5 Å². The number of hydrogen-bond acceptors (Lipinski definition) is 4. The highest BCUT2D eigenvalue weighted by Crippen LogP contribution is 2.30. The van der Waals surface area contributed by atoms with Gasteiger partial charge in [0.25, 0.3) is 0 Å². The van der Waals surface area contributed by atoms with Crippen molar-refractivity contribution >= 4 is 17.5 Å². The number of benzene rings is 1. The minimum atomic E-state index is 0.150. The van der Waals surface area contributed by atoms with E-state index in [0.29, 0.717) is 10.9 Å². The molecule has 0 saturated carbocycles. The first-order chi connectivity index (χ1) is 9.22. The summed E-state index contributed by atoms with van der Waals surface area (Å²) in [6, 6.07) is 6.12. The van der Waals surface area contributed by atoms with Crippen molar-refractivity contribution in [3.63, 3.8) is 0 Å². The summed E-state index contributed by atoms with van der Waals surface area (Å²) in [7, 11) is 0. The van der Waals surface area contributed by atoms with Crippen LogP contribution in [0.5, 0.6) is 11.6 Å². The molecule has 2 N–H and O–H groups in total. The number of ether oxygens (including phenoxy) is 1. The lowest BCUT2D eigenvalue weighted by molar-refractivity contribution is 0.461. The van der Waals surface area contributed by atoms with Crippen molar-refractivity contribution in [1.29, 1.82) is 0 Å². The van der Waals surface area contributed by atoms with Crippen molar-refractivity contribution in [3.8, 4) is 11.6 Å². The van der Waals surface area contributed by atoms with Crippen LogP contribution in [0, 0.1) is 0 Å². The molecule has 98 valence electrons. The fourth-order valence-corrected chi connectivity index (χ4v) is 2.45. The lowest BCUT2D eigenvalue weighted by Gasteiger charge is -2.16. The van der Waals surface area contributed by atoms with Crippen molar-refractivity contribution in [2.24, 2.45) is 0 Å². The fraction of sp³-hybridized carbons (Fsp3) is 0.286. The van der Waals surface area contributed by atoms with E-state index in [4.69, 9.17) is 22.1 Å². The highest BCUT2D eigenvalue weighted by atomic mass is 35.5. The van der Waals surface area contributed by atoms with Crippen LogP contribution in [-0.2, 0) is 12.8 Å². The predicted octanol–water partition coefficient (Wildman–Crippen LogP) is 3.38. The predicted molar refractivity (Wildman–Crippen MR) is 74.6 cm³/mol. The van der Waals surface area contributed by atoms with Crippen molar-refractivity contribution in [1.82, 2.24) is 9.97 Å². The van der Waals surface area contributed by atoms with Gasteiger partial charge in [0.1, 0.15) is 10.8 Å². The first-order valence-electron chi connectivity index (χ1n) is 6.30. The summed E-state index contributed by atoms with van der Waals surface area (Å²) >= 11 is 5.98. The highest BCUT2D eigenvalue weighted by Gasteiger charge is 2.12. The van der Waals surface area contributed by atoms with Crippen molar-refractivity contribution in [2.45, 2.75) is 25.7 Å². The van der Waals surface area contributed by atoms with Gasteiger partial charge in [-0.25, -0.2) is 4.98 Å². The second-order valence-corrected chi connectivity index (χ2v) is 5.03. The number of nitrogens with zero attached hydrogens (tertiary/aromatic N) is 2. The van der Waals surface area contributed by atoms with E-state index >= 15 is 0 Å². The van der Waals surface area contributed by atoms with Gasteiger partial charge in [0.2, 0.25) is 11.8 Å². The molecule has 0 bridgehead atoms. The van der Waals surface area contributed by atoms with Crippen molar-refractivity contribution in [3.05, 3.63) is 40.5 Å². The maximum atomic E-state index is 5.98. The zero-order valence-electron chi connectivity index (χ0n) is 10.4. The van der Waals surface area contributed by atoms with Gasteiger partial charge in [-0.1, -0.05) is 17.7 Å². The van der Waals surface area contributed by atoms with Gasteiger partial charge in [-0.15, -0.1) is 0 Å². The van der Waals surface area contributed by atoms with Crippen LogP contribution in [0.3, 0.4) is 0 Å². The summed E-state index contributed by atoms with van der Waals surface area (Å²) in [5, 5.41) is 0.354. The van der Waals surface area contributed by atoms with Crippen molar-refractivity contribution < 1.29 is 4.74 Å². The molecular weight excluding hydrogens is 262 g/mol. The Kier molecular flexibility index (Phi) is 3.25. The molecule has 1 aromatic carbocycles. The molecule has 0 fully saturated rings. The Balaban J connectivity index is 1.89. The van der Waals surface area contributed by atoms with Crippen LogP contribution >= 0.6 is 11.6 Å². The zero-order chi connectivity index (χ0) is 13.2. The van der Waals surface area contributed by atoms with E-state index in [1.54, 1.807) is 0 Å². The first-order valence-corrected chi connectivity index (χ1v) is 6.68. The Hall–Kier alpha value is -1.81. The summed E-state index contributed by atoms with van der Waals surface area (Å²) in [6.45, 7) is 0. The molecule has 19 heavy (non-hydrogen) atoms. The van der Waals surface area contributed by atoms with Crippen LogP contribution in [0.15, 0.2) is 24.4 Å². The second-order valence-electron chi connectivity index (χ2n) is 4.62. The smallest absolute Gasteiger partial charge is 0.243 e. The fourth-order valence-electron chi connectivity index (χ4n) is 2.32. The van der Waals surface area contributed by atoms with Crippen LogP contribution in [-0.4, -0.2) is 9.97 Å². The highest BCUT2D eigenvalue weighted by molar-refractivity contribution is 6.31. The normalized spacial score (nSPS) is 13.9. The molecule has 4 nitrogen and oxygen atoms in total. The van der Waals surface area contributed by atoms with E-state index in [-0.39, 0.29) is 5.95 Å². The average Bonchev–Trinajstić information content (AvgIpc) is 2.43. The van der Waals surface area contributed by atoms with E-state index in [9.17, 15) is 0 Å². The second kappa shape index (κ2) is 5.05. The Morgan fingerprint density at radius 2 is 1.95 bits per heavy atom. The molecule has 0 saturated heterocycles. The molecule has 2 aromatic rings. The summed E-state index contributed by atoms with van der Waals surface area (Å²) in [5.41, 5.74) is 8.29. The molecule has 3 rings (SSSR count). The molecule has 1 aliphatic rings. The average molecular weight is 276 g/mol. The molecule has 1 aliphatic carbocycles. The van der Waals surface area contributed by atoms with Gasteiger partial charge in [-0.3, -0.25) is 0 Å². The van der Waals surface area contributed by atoms with Gasteiger partial charge in [-0.2, -0.15) is 4.98 Å². The first kappa shape index (κ1) is 12.2. The SMILES string of the molecule is Nc1ncc(Cl)c(Oc2ccc3c(c2)CCCC3)n1. The topological polar surface area (TPSA) is 61.0 Å². The van der Waals surface area contributed by atoms with Gasteiger partial charge in [0, 0.05) is 0 Å². The Labute approximate surface area is 116 Å². The van der Waals surface area contributed by atoms with E-state index in [0.717, 1.165) is 18.6 Å². The lowest BCUT2D eigenvalue weighted by atomic mass is 9.92. The molecule has 0 amide bonds. The van der Waals surface area contributed by atoms with E-state index in [1.165, 1.54) is 30.2 Å². The minimum absolute atomic E-state index is 0.150. The monoisotopic (exact) mass is 275 g/mol. The molecule has 1 aromatic heterocycles. The molecule has 0 radical (unpaired) electrons. The summed E-state index contributed by atoms with van der Waals surface area (Å²) in [4.78, 5) is 7.80. The van der Waals surface area contributed by atoms with Crippen molar-refractivity contribution in [2.75, 3.05) is 5.73 Å². The maximum absolute atomic E-state index is 5.98. The van der Waals surface area contributed by atoms with Gasteiger partial charge in [0.15, 0.2) is 0 Å².